The summed E-state index contributed by atoms with van der Waals surface area (Å²) in [5.74, 6) is 1.20. The van der Waals surface area contributed by atoms with Crippen molar-refractivity contribution in [1.29, 1.82) is 0 Å². The summed E-state index contributed by atoms with van der Waals surface area (Å²) in [6.07, 6.45) is 2.01. The Hall–Kier alpha value is 0.0600. The van der Waals surface area contributed by atoms with Crippen LogP contribution in [0, 0.1) is 6.92 Å². The smallest absolute Gasteiger partial charge is 0.1000 e. The quantitative estimate of drug-likeness (QED) is 0.230. The van der Waals surface area contributed by atoms with E-state index in [0.29, 0.717) is 18.1 Å². The van der Waals surface area contributed by atoms with Gasteiger partial charge in [-0.25, -0.2) is 8.61 Å². The van der Waals surface area contributed by atoms with Crippen LogP contribution in [0.5, 0.6) is 0 Å². The second-order valence-electron chi connectivity index (χ2n) is 7.76. The molecule has 2 aromatic rings. The first-order valence-electron chi connectivity index (χ1n) is 10.2. The van der Waals surface area contributed by atoms with E-state index in [9.17, 15) is 0 Å². The third-order valence-corrected chi connectivity index (χ3v) is 10.1. The monoisotopic (exact) mass is 664 g/mol. The van der Waals surface area contributed by atoms with Crippen molar-refractivity contribution in [3.8, 4) is 0 Å². The van der Waals surface area contributed by atoms with Gasteiger partial charge in [0.2, 0.25) is 0 Å². The lowest BCUT2D eigenvalue weighted by Crippen LogP contribution is -2.47. The molecule has 0 aliphatic carbocycles. The molecule has 0 aromatic heterocycles. The zero-order valence-corrected chi connectivity index (χ0v) is 23.1. The van der Waals surface area contributed by atoms with E-state index in [2.05, 4.69) is 119 Å². The van der Waals surface area contributed by atoms with Gasteiger partial charge in [0.1, 0.15) is 0 Å². The average molecular weight is 664 g/mol. The average Bonchev–Trinajstić information content (AvgIpc) is 2.79. The van der Waals surface area contributed by atoms with Gasteiger partial charge in [-0.3, -0.25) is 0 Å². The molecular formula is C23H26I2N2OS2. The third-order valence-electron chi connectivity index (χ3n) is 6.01. The number of fused-ring (bicyclic) bond motifs is 1. The highest BCUT2D eigenvalue weighted by molar-refractivity contribution is 14.2. The van der Waals surface area contributed by atoms with E-state index >= 15 is 0 Å². The van der Waals surface area contributed by atoms with E-state index in [1.807, 2.05) is 18.2 Å². The van der Waals surface area contributed by atoms with E-state index in [1.165, 1.54) is 28.0 Å². The Labute approximate surface area is 212 Å². The molecular weight excluding hydrogens is 638 g/mol. The Morgan fingerprint density at radius 1 is 0.933 bits per heavy atom. The molecule has 0 N–H and O–H groups in total. The van der Waals surface area contributed by atoms with Crippen LogP contribution in [0.3, 0.4) is 0 Å². The third kappa shape index (κ3) is 4.85. The first-order chi connectivity index (χ1) is 14.7. The molecule has 2 aromatic carbocycles. The molecule has 160 valence electrons. The number of hydrogen-bond acceptors (Lipinski definition) is 5. The fourth-order valence-electron chi connectivity index (χ4n) is 4.53. The largest absolute Gasteiger partial charge is 0.498 e. The molecule has 0 saturated carbocycles. The molecule has 1 fully saturated rings. The van der Waals surface area contributed by atoms with Gasteiger partial charge in [-0.1, -0.05) is 60.2 Å². The maximum atomic E-state index is 6.25. The van der Waals surface area contributed by atoms with Gasteiger partial charge in [0.15, 0.2) is 0 Å². The molecule has 2 heterocycles. The minimum Gasteiger partial charge on any atom is -0.498 e. The van der Waals surface area contributed by atoms with Crippen LogP contribution in [0.2, 0.25) is 0 Å². The maximum Gasteiger partial charge on any atom is 0.1000 e. The second-order valence-corrected chi connectivity index (χ2v) is 11.3. The minimum absolute atomic E-state index is 0.334. The minimum atomic E-state index is 0.334. The normalized spacial score (nSPS) is 25.3. The topological polar surface area (TPSA) is 15.7 Å². The number of benzene rings is 2. The van der Waals surface area contributed by atoms with Crippen molar-refractivity contribution in [3.05, 3.63) is 82.6 Å². The van der Waals surface area contributed by atoms with Crippen LogP contribution in [0.4, 0.5) is 0 Å². The lowest BCUT2D eigenvalue weighted by Gasteiger charge is -2.48. The van der Waals surface area contributed by atoms with Crippen molar-refractivity contribution in [2.75, 3.05) is 13.2 Å². The lowest BCUT2D eigenvalue weighted by atomic mass is 9.84. The number of piperidine rings is 1. The van der Waals surface area contributed by atoms with Crippen LogP contribution in [0.15, 0.2) is 65.9 Å². The molecule has 0 amide bonds. The molecule has 0 bridgehead atoms. The van der Waals surface area contributed by atoms with Crippen LogP contribution in [0.1, 0.15) is 48.5 Å². The van der Waals surface area contributed by atoms with Gasteiger partial charge >= 0.3 is 0 Å². The van der Waals surface area contributed by atoms with Crippen molar-refractivity contribution in [2.24, 2.45) is 0 Å². The number of hydrogen-bond donors (Lipinski definition) is 0. The molecule has 3 atom stereocenters. The van der Waals surface area contributed by atoms with Gasteiger partial charge < -0.3 is 4.74 Å². The zero-order valence-electron chi connectivity index (χ0n) is 17.1. The fraction of sp³-hybridized carbons (Fsp3) is 0.391. The Morgan fingerprint density at radius 3 is 2.27 bits per heavy atom. The summed E-state index contributed by atoms with van der Waals surface area (Å²) in [7, 11) is 3.67. The van der Waals surface area contributed by atoms with Crippen LogP contribution in [-0.4, -0.2) is 27.8 Å². The number of halogens is 2. The summed E-state index contributed by atoms with van der Waals surface area (Å²) >= 11 is 4.90. The van der Waals surface area contributed by atoms with Gasteiger partial charge in [0.25, 0.3) is 0 Å². The van der Waals surface area contributed by atoms with Gasteiger partial charge in [-0.15, -0.1) is 0 Å². The lowest BCUT2D eigenvalue weighted by molar-refractivity contribution is 0.129. The highest BCUT2D eigenvalue weighted by Crippen LogP contribution is 2.51. The molecule has 2 aliphatic rings. The Bertz CT molecular complexity index is 879. The van der Waals surface area contributed by atoms with Gasteiger partial charge in [0, 0.05) is 73.0 Å². The predicted molar refractivity (Wildman–Crippen MR) is 147 cm³/mol. The van der Waals surface area contributed by atoms with Crippen LogP contribution in [-0.2, 0) is 4.74 Å². The van der Waals surface area contributed by atoms with Crippen molar-refractivity contribution >= 4 is 60.6 Å². The molecule has 30 heavy (non-hydrogen) atoms. The van der Waals surface area contributed by atoms with Crippen LogP contribution < -0.4 is 0 Å². The first kappa shape index (κ1) is 23.2. The molecule has 7 heteroatoms. The van der Waals surface area contributed by atoms with Crippen molar-refractivity contribution < 1.29 is 4.74 Å². The number of ether oxygens (including phenoxy) is 1. The van der Waals surface area contributed by atoms with Crippen molar-refractivity contribution in [3.63, 3.8) is 0 Å². The Kier molecular flexibility index (Phi) is 8.35. The highest BCUT2D eigenvalue weighted by atomic mass is 127. The molecule has 1 saturated heterocycles. The molecule has 2 aliphatic heterocycles. The van der Waals surface area contributed by atoms with Crippen LogP contribution >= 0.6 is 60.6 Å². The van der Waals surface area contributed by atoms with E-state index in [1.54, 1.807) is 0 Å². The summed E-state index contributed by atoms with van der Waals surface area (Å²) < 4.78 is 11.4. The summed E-state index contributed by atoms with van der Waals surface area (Å²) in [5.41, 5.74) is 5.55. The van der Waals surface area contributed by atoms with Gasteiger partial charge in [0.05, 0.1) is 18.4 Å². The highest BCUT2D eigenvalue weighted by Gasteiger charge is 2.44. The zero-order chi connectivity index (χ0) is 21.1. The number of rotatable bonds is 6. The summed E-state index contributed by atoms with van der Waals surface area (Å²) in [5, 5.41) is 0. The molecule has 3 unspecified atom stereocenters. The molecule has 3 nitrogen and oxygen atoms in total. The summed E-state index contributed by atoms with van der Waals surface area (Å²) in [6.45, 7) is 5.93. The van der Waals surface area contributed by atoms with E-state index < -0.39 is 0 Å². The van der Waals surface area contributed by atoms with Gasteiger partial charge in [-0.05, 0) is 49.6 Å². The predicted octanol–water partition coefficient (Wildman–Crippen LogP) is 7.84. The maximum absolute atomic E-state index is 6.25. The first-order valence-corrected chi connectivity index (χ1v) is 16.9. The summed E-state index contributed by atoms with van der Waals surface area (Å²) in [4.78, 5) is 0. The van der Waals surface area contributed by atoms with Crippen molar-refractivity contribution in [1.82, 2.24) is 8.61 Å². The SMILES string of the molecule is CCOC1=C2CN(SI)C(c3ccc(C)cc3)CC2N(SI)C(c2ccccc2)C1. The van der Waals surface area contributed by atoms with Crippen molar-refractivity contribution in [2.45, 2.75) is 44.8 Å². The van der Waals surface area contributed by atoms with E-state index in [-0.39, 0.29) is 0 Å². The van der Waals surface area contributed by atoms with Crippen LogP contribution in [0.25, 0.3) is 0 Å². The molecule has 0 radical (unpaired) electrons. The number of aryl methyl sites for hydroxylation is 1. The Balaban J connectivity index is 1.73. The fourth-order valence-corrected chi connectivity index (χ4v) is 8.51. The second kappa shape index (κ2) is 10.8. The van der Waals surface area contributed by atoms with Gasteiger partial charge in [-0.2, -0.15) is 0 Å². The van der Waals surface area contributed by atoms with E-state index in [4.69, 9.17) is 4.74 Å². The summed E-state index contributed by atoms with van der Waals surface area (Å²) in [6, 6.07) is 21.1. The standard InChI is InChI=1S/C23H26I2N2OS2/c1-3-28-23-14-21(17-7-5-4-6-8-17)27(30-25)22-13-20(26(29-24)15-19(22)23)18-11-9-16(2)10-12-18/h4-12,20-22H,3,13-15H2,1-2H3. The molecule has 0 spiro atoms. The molecule has 4 rings (SSSR count). The Morgan fingerprint density at radius 2 is 1.63 bits per heavy atom. The number of nitrogens with zero attached hydrogens (tertiary/aromatic N) is 2. The van der Waals surface area contributed by atoms with E-state index in [0.717, 1.165) is 26.0 Å².